The van der Waals surface area contributed by atoms with Gasteiger partial charge in [-0.2, -0.15) is 8.42 Å². The predicted molar refractivity (Wildman–Crippen MR) is 127 cm³/mol. The lowest BCUT2D eigenvalue weighted by atomic mass is 9.44. The molecule has 4 saturated carbocycles. The van der Waals surface area contributed by atoms with Crippen LogP contribution < -0.4 is 5.32 Å². The molecule has 198 valence electrons. The van der Waals surface area contributed by atoms with Gasteiger partial charge in [0.15, 0.2) is 0 Å². The van der Waals surface area contributed by atoms with Crippen molar-refractivity contribution in [3.05, 3.63) is 0 Å². The zero-order valence-corrected chi connectivity index (χ0v) is 21.8. The molecular weight excluding hydrogens is 474 g/mol. The van der Waals surface area contributed by atoms with Crippen LogP contribution in [0.1, 0.15) is 78.6 Å². The molecule has 10 heteroatoms. The van der Waals surface area contributed by atoms with Gasteiger partial charge in [-0.1, -0.05) is 13.3 Å². The third kappa shape index (κ3) is 4.97. The van der Waals surface area contributed by atoms with Crippen molar-refractivity contribution in [2.45, 2.75) is 90.8 Å². The van der Waals surface area contributed by atoms with Crippen molar-refractivity contribution in [2.75, 3.05) is 12.3 Å². The van der Waals surface area contributed by atoms with E-state index < -0.39 is 33.4 Å². The minimum absolute atomic E-state index is 0.0220. The third-order valence-electron chi connectivity index (χ3n) is 9.73. The number of carbonyl (C=O) groups excluding carboxylic acids is 3. The Kier molecular flexibility index (Phi) is 7.27. The summed E-state index contributed by atoms with van der Waals surface area (Å²) in [5.41, 5.74) is -0.849. The van der Waals surface area contributed by atoms with Gasteiger partial charge in [0.05, 0.1) is 11.2 Å². The highest BCUT2D eigenvalue weighted by Crippen LogP contribution is 2.67. The van der Waals surface area contributed by atoms with Gasteiger partial charge in [0.1, 0.15) is 12.2 Å². The van der Waals surface area contributed by atoms with Crippen molar-refractivity contribution in [3.8, 4) is 0 Å². The highest BCUT2D eigenvalue weighted by Gasteiger charge is 2.66. The number of fused-ring (bicyclic) bond motifs is 5. The quantitative estimate of drug-likeness (QED) is 0.409. The lowest BCUT2D eigenvalue weighted by Crippen LogP contribution is -2.63. The van der Waals surface area contributed by atoms with Crippen molar-refractivity contribution in [2.24, 2.45) is 34.5 Å². The first-order valence-electron chi connectivity index (χ1n) is 12.9. The van der Waals surface area contributed by atoms with Crippen molar-refractivity contribution < 1.29 is 36.8 Å². The Balaban J connectivity index is 1.60. The van der Waals surface area contributed by atoms with E-state index in [0.717, 1.165) is 44.9 Å². The predicted octanol–water partition coefficient (Wildman–Crippen LogP) is 2.88. The van der Waals surface area contributed by atoms with Gasteiger partial charge in [0.25, 0.3) is 10.1 Å². The summed E-state index contributed by atoms with van der Waals surface area (Å²) in [5, 5.41) is 2.74. The number of nitrogens with one attached hydrogen (secondary N) is 1. The average molecular weight is 514 g/mol. The minimum atomic E-state index is -4.19. The molecule has 8 atom stereocenters. The molecule has 4 aliphatic carbocycles. The third-order valence-corrected chi connectivity index (χ3v) is 10.5. The number of carbonyl (C=O) groups is 3. The smallest absolute Gasteiger partial charge is 0.302 e. The Labute approximate surface area is 207 Å². The van der Waals surface area contributed by atoms with Crippen LogP contribution in [0.2, 0.25) is 0 Å². The molecular formula is C25H39NO8S. The van der Waals surface area contributed by atoms with Gasteiger partial charge in [-0.3, -0.25) is 18.9 Å². The Morgan fingerprint density at radius 3 is 2.34 bits per heavy atom. The van der Waals surface area contributed by atoms with Crippen LogP contribution in [0.15, 0.2) is 0 Å². The fourth-order valence-corrected chi connectivity index (χ4v) is 8.76. The van der Waals surface area contributed by atoms with Crippen molar-refractivity contribution in [1.29, 1.82) is 0 Å². The maximum absolute atomic E-state index is 13.6. The number of hydrogen-bond acceptors (Lipinski definition) is 7. The summed E-state index contributed by atoms with van der Waals surface area (Å²) in [7, 11) is -4.19. The van der Waals surface area contributed by atoms with E-state index >= 15 is 0 Å². The van der Waals surface area contributed by atoms with E-state index in [9.17, 15) is 22.8 Å². The Hall–Kier alpha value is -1.68. The number of amides is 1. The number of esters is 2. The summed E-state index contributed by atoms with van der Waals surface area (Å²) in [6.07, 6.45) is 6.93. The molecule has 0 radical (unpaired) electrons. The van der Waals surface area contributed by atoms with Crippen molar-refractivity contribution in [3.63, 3.8) is 0 Å². The molecule has 0 saturated heterocycles. The summed E-state index contributed by atoms with van der Waals surface area (Å²) in [6, 6.07) is 0. The number of ether oxygens (including phenoxy) is 2. The van der Waals surface area contributed by atoms with Crippen LogP contribution in [-0.4, -0.2) is 55.3 Å². The molecule has 0 aliphatic heterocycles. The van der Waals surface area contributed by atoms with Crippen LogP contribution >= 0.6 is 0 Å². The Morgan fingerprint density at radius 1 is 0.971 bits per heavy atom. The molecule has 0 spiro atoms. The molecule has 4 fully saturated rings. The van der Waals surface area contributed by atoms with Gasteiger partial charge < -0.3 is 14.8 Å². The summed E-state index contributed by atoms with van der Waals surface area (Å²) >= 11 is 0. The summed E-state index contributed by atoms with van der Waals surface area (Å²) in [4.78, 5) is 37.3. The van der Waals surface area contributed by atoms with Gasteiger partial charge in [-0.15, -0.1) is 0 Å². The molecule has 0 bridgehead atoms. The molecule has 1 amide bonds. The number of rotatable bonds is 6. The van der Waals surface area contributed by atoms with Crippen LogP contribution in [0.4, 0.5) is 0 Å². The second kappa shape index (κ2) is 9.65. The zero-order chi connectivity index (χ0) is 25.6. The van der Waals surface area contributed by atoms with E-state index in [1.165, 1.54) is 13.8 Å². The molecule has 35 heavy (non-hydrogen) atoms. The first kappa shape index (κ1) is 26.4. The maximum atomic E-state index is 13.6. The van der Waals surface area contributed by atoms with Gasteiger partial charge >= 0.3 is 11.9 Å². The summed E-state index contributed by atoms with van der Waals surface area (Å²) in [5.74, 6) is -0.380. The maximum Gasteiger partial charge on any atom is 0.302 e. The van der Waals surface area contributed by atoms with E-state index in [1.807, 2.05) is 0 Å². The lowest BCUT2D eigenvalue weighted by Gasteiger charge is -2.61. The highest BCUT2D eigenvalue weighted by atomic mass is 32.2. The van der Waals surface area contributed by atoms with Crippen LogP contribution in [0.25, 0.3) is 0 Å². The molecule has 4 unspecified atom stereocenters. The van der Waals surface area contributed by atoms with Gasteiger partial charge in [0.2, 0.25) is 5.91 Å². The second-order valence-corrected chi connectivity index (χ2v) is 13.0. The highest BCUT2D eigenvalue weighted by molar-refractivity contribution is 7.85. The normalized spacial score (nSPS) is 40.6. The van der Waals surface area contributed by atoms with E-state index in [2.05, 4.69) is 12.2 Å². The minimum Gasteiger partial charge on any atom is -0.463 e. The van der Waals surface area contributed by atoms with Crippen LogP contribution in [0, 0.1) is 34.5 Å². The molecule has 0 aromatic heterocycles. The lowest BCUT2D eigenvalue weighted by molar-refractivity contribution is -0.194. The number of hydrogen-bond donors (Lipinski definition) is 2. The van der Waals surface area contributed by atoms with E-state index in [0.29, 0.717) is 30.6 Å². The van der Waals surface area contributed by atoms with Crippen molar-refractivity contribution in [1.82, 2.24) is 5.32 Å². The van der Waals surface area contributed by atoms with Gasteiger partial charge in [0, 0.05) is 20.4 Å². The molecule has 4 rings (SSSR count). The average Bonchev–Trinajstić information content (AvgIpc) is 3.19. The second-order valence-electron chi connectivity index (χ2n) is 11.5. The fourth-order valence-electron chi connectivity index (χ4n) is 8.40. The first-order valence-corrected chi connectivity index (χ1v) is 14.6. The van der Waals surface area contributed by atoms with E-state index in [1.54, 1.807) is 0 Å². The largest absolute Gasteiger partial charge is 0.463 e. The fraction of sp³-hybridized carbons (Fsp3) is 0.880. The van der Waals surface area contributed by atoms with Crippen LogP contribution in [-0.2, 0) is 34.0 Å². The Bertz CT molecular complexity index is 967. The SMILES string of the molecule is CC(=O)O[C@@H]1CC[C@@]2(C)C(CCC3C2C[C@H](OC(C)=O)[C@]2(C(=O)NCCS(=O)(=O)O)CCCC32)C1. The molecule has 9 nitrogen and oxygen atoms in total. The molecule has 0 heterocycles. The molecule has 0 aromatic rings. The molecule has 0 aromatic carbocycles. The molecule has 4 aliphatic rings. The van der Waals surface area contributed by atoms with Crippen molar-refractivity contribution >= 4 is 28.0 Å². The zero-order valence-electron chi connectivity index (χ0n) is 21.0. The van der Waals surface area contributed by atoms with E-state index in [4.69, 9.17) is 14.0 Å². The van der Waals surface area contributed by atoms with Gasteiger partial charge in [-0.05, 0) is 80.5 Å². The van der Waals surface area contributed by atoms with E-state index in [-0.39, 0.29) is 35.9 Å². The monoisotopic (exact) mass is 513 g/mol. The standard InChI is InChI=1S/C25H39NO8S/c1-15(27)33-18-8-10-24(3)17(13-18)6-7-19-20-5-4-9-25(20,22(14-21(19)24)34-16(2)28)23(29)26-11-12-35(30,31)32/h17-22H,4-14H2,1-3H3,(H,26,29)(H,30,31,32)/t17?,18-,19?,20?,21?,22+,24+,25+/m1/s1. The molecule has 2 N–H and O–H groups in total. The summed E-state index contributed by atoms with van der Waals surface area (Å²) in [6.45, 7) is 4.98. The topological polar surface area (TPSA) is 136 Å². The van der Waals surface area contributed by atoms with Crippen LogP contribution in [0.3, 0.4) is 0 Å². The Morgan fingerprint density at radius 2 is 1.69 bits per heavy atom. The van der Waals surface area contributed by atoms with Gasteiger partial charge in [-0.25, -0.2) is 0 Å². The summed E-state index contributed by atoms with van der Waals surface area (Å²) < 4.78 is 42.9. The van der Waals surface area contributed by atoms with Crippen LogP contribution in [0.5, 0.6) is 0 Å². The first-order chi connectivity index (χ1) is 16.4.